The Labute approximate surface area is 135 Å². The molecule has 0 saturated carbocycles. The molecule has 0 radical (unpaired) electrons. The lowest BCUT2D eigenvalue weighted by Gasteiger charge is -2.22. The monoisotopic (exact) mass is 308 g/mol. The number of aromatic nitrogens is 1. The number of hydrogen-bond donors (Lipinski definition) is 0. The van der Waals surface area contributed by atoms with Crippen LogP contribution in [0.5, 0.6) is 0 Å². The van der Waals surface area contributed by atoms with E-state index in [-0.39, 0.29) is 0 Å². The van der Waals surface area contributed by atoms with Gasteiger partial charge in [-0.05, 0) is 44.0 Å². The first kappa shape index (κ1) is 13.9. The van der Waals surface area contributed by atoms with E-state index < -0.39 is 0 Å². The van der Waals surface area contributed by atoms with Gasteiger partial charge >= 0.3 is 0 Å². The van der Waals surface area contributed by atoms with Crippen molar-refractivity contribution in [3.8, 4) is 0 Å². The zero-order chi connectivity index (χ0) is 14.9. The van der Waals surface area contributed by atoms with Crippen LogP contribution >= 0.6 is 11.3 Å². The van der Waals surface area contributed by atoms with Crippen LogP contribution in [0.1, 0.15) is 35.0 Å². The van der Waals surface area contributed by atoms with E-state index in [1.165, 1.54) is 40.2 Å². The molecule has 0 aliphatic carbocycles. The van der Waals surface area contributed by atoms with Gasteiger partial charge in [0, 0.05) is 6.54 Å². The molecular weight excluding hydrogens is 288 g/mol. The maximum absolute atomic E-state index is 4.88. The molecule has 3 aromatic rings. The van der Waals surface area contributed by atoms with Gasteiger partial charge in [-0.2, -0.15) is 0 Å². The summed E-state index contributed by atoms with van der Waals surface area (Å²) in [5, 5.41) is 1.28. The topological polar surface area (TPSA) is 16.1 Å². The first-order chi connectivity index (χ1) is 10.8. The molecule has 2 heterocycles. The second-order valence-electron chi connectivity index (χ2n) is 6.13. The number of likely N-dealkylation sites (tertiary alicyclic amines) is 1. The van der Waals surface area contributed by atoms with Crippen molar-refractivity contribution in [3.63, 3.8) is 0 Å². The standard InChI is InChI=1S/C19H20N2S/c1-14-8-10-15(11-9-14)13-21-12-4-6-17(21)19-20-16-5-2-3-7-18(16)22-19/h2-3,5,7-11,17H,4,6,12-13H2,1H3/t17-/m1/s1. The van der Waals surface area contributed by atoms with E-state index in [9.17, 15) is 0 Å². The van der Waals surface area contributed by atoms with Crippen molar-refractivity contribution in [1.29, 1.82) is 0 Å². The summed E-state index contributed by atoms with van der Waals surface area (Å²) in [5.41, 5.74) is 3.87. The third-order valence-corrected chi connectivity index (χ3v) is 5.60. The third kappa shape index (κ3) is 2.67. The van der Waals surface area contributed by atoms with Gasteiger partial charge < -0.3 is 0 Å². The highest BCUT2D eigenvalue weighted by molar-refractivity contribution is 7.18. The number of aryl methyl sites for hydroxylation is 1. The summed E-state index contributed by atoms with van der Waals surface area (Å²) in [7, 11) is 0. The van der Waals surface area contributed by atoms with E-state index in [1.54, 1.807) is 0 Å². The molecule has 1 aliphatic heterocycles. The number of rotatable bonds is 3. The van der Waals surface area contributed by atoms with Crippen molar-refractivity contribution in [2.45, 2.75) is 32.4 Å². The lowest BCUT2D eigenvalue weighted by atomic mass is 10.1. The van der Waals surface area contributed by atoms with Crippen LogP contribution in [-0.2, 0) is 6.54 Å². The van der Waals surface area contributed by atoms with Gasteiger partial charge in [0.15, 0.2) is 0 Å². The highest BCUT2D eigenvalue weighted by atomic mass is 32.1. The molecule has 112 valence electrons. The van der Waals surface area contributed by atoms with Crippen LogP contribution in [0, 0.1) is 6.92 Å². The van der Waals surface area contributed by atoms with E-state index >= 15 is 0 Å². The van der Waals surface area contributed by atoms with Gasteiger partial charge in [-0.3, -0.25) is 4.90 Å². The SMILES string of the molecule is Cc1ccc(CN2CCC[C@@H]2c2nc3ccccc3s2)cc1. The van der Waals surface area contributed by atoms with Crippen LogP contribution < -0.4 is 0 Å². The molecular formula is C19H20N2S. The molecule has 2 nitrogen and oxygen atoms in total. The number of thiazole rings is 1. The molecule has 0 N–H and O–H groups in total. The average molecular weight is 308 g/mol. The van der Waals surface area contributed by atoms with E-state index in [0.717, 1.165) is 12.1 Å². The van der Waals surface area contributed by atoms with Crippen LogP contribution in [-0.4, -0.2) is 16.4 Å². The second kappa shape index (κ2) is 5.82. The highest BCUT2D eigenvalue weighted by Crippen LogP contribution is 2.37. The Hall–Kier alpha value is -1.71. The Morgan fingerprint density at radius 2 is 1.95 bits per heavy atom. The number of fused-ring (bicyclic) bond motifs is 1. The minimum atomic E-state index is 0.485. The summed E-state index contributed by atoms with van der Waals surface area (Å²) in [6.45, 7) is 4.35. The van der Waals surface area contributed by atoms with Crippen LogP contribution in [0.25, 0.3) is 10.2 Å². The quantitative estimate of drug-likeness (QED) is 0.681. The van der Waals surface area contributed by atoms with Gasteiger partial charge in [-0.25, -0.2) is 4.98 Å². The van der Waals surface area contributed by atoms with Gasteiger partial charge in [0.05, 0.1) is 16.3 Å². The number of hydrogen-bond acceptors (Lipinski definition) is 3. The molecule has 1 aliphatic rings. The third-order valence-electron chi connectivity index (χ3n) is 4.47. The van der Waals surface area contributed by atoms with E-state index in [1.807, 2.05) is 11.3 Å². The molecule has 3 heteroatoms. The molecule has 0 unspecified atom stereocenters. The van der Waals surface area contributed by atoms with Crippen molar-refractivity contribution in [3.05, 3.63) is 64.7 Å². The Kier molecular flexibility index (Phi) is 3.68. The predicted octanol–water partition coefficient (Wildman–Crippen LogP) is 4.94. The van der Waals surface area contributed by atoms with E-state index in [2.05, 4.69) is 60.4 Å². The summed E-state index contributed by atoms with van der Waals surface area (Å²) in [6.07, 6.45) is 2.50. The summed E-state index contributed by atoms with van der Waals surface area (Å²) in [4.78, 5) is 7.46. The average Bonchev–Trinajstić information content (AvgIpc) is 3.15. The van der Waals surface area contributed by atoms with Crippen LogP contribution in [0.2, 0.25) is 0 Å². The van der Waals surface area contributed by atoms with Gasteiger partial charge in [0.2, 0.25) is 0 Å². The fourth-order valence-electron chi connectivity index (χ4n) is 3.26. The number of benzene rings is 2. The summed E-state index contributed by atoms with van der Waals surface area (Å²) in [6, 6.07) is 17.9. The maximum atomic E-state index is 4.88. The molecule has 1 saturated heterocycles. The van der Waals surface area contributed by atoms with Crippen molar-refractivity contribution in [2.24, 2.45) is 0 Å². The maximum Gasteiger partial charge on any atom is 0.111 e. The first-order valence-corrected chi connectivity index (χ1v) is 8.76. The fourth-order valence-corrected chi connectivity index (χ4v) is 4.39. The van der Waals surface area contributed by atoms with Gasteiger partial charge in [-0.1, -0.05) is 42.0 Å². The summed E-state index contributed by atoms with van der Waals surface area (Å²) < 4.78 is 1.31. The lowest BCUT2D eigenvalue weighted by molar-refractivity contribution is 0.248. The molecule has 1 atom stereocenters. The van der Waals surface area contributed by atoms with Gasteiger partial charge in [-0.15, -0.1) is 11.3 Å². The Morgan fingerprint density at radius 3 is 2.77 bits per heavy atom. The van der Waals surface area contributed by atoms with Crippen LogP contribution in [0.3, 0.4) is 0 Å². The normalized spacial score (nSPS) is 19.0. The minimum absolute atomic E-state index is 0.485. The number of para-hydroxylation sites is 1. The van der Waals surface area contributed by atoms with Crippen LogP contribution in [0.15, 0.2) is 48.5 Å². The molecule has 1 aromatic heterocycles. The number of nitrogens with zero attached hydrogens (tertiary/aromatic N) is 2. The van der Waals surface area contributed by atoms with Crippen molar-refractivity contribution < 1.29 is 0 Å². The molecule has 22 heavy (non-hydrogen) atoms. The summed E-state index contributed by atoms with van der Waals surface area (Å²) >= 11 is 1.86. The second-order valence-corrected chi connectivity index (χ2v) is 7.20. The van der Waals surface area contributed by atoms with Crippen molar-refractivity contribution in [2.75, 3.05) is 6.54 Å². The van der Waals surface area contributed by atoms with Crippen molar-refractivity contribution >= 4 is 21.6 Å². The van der Waals surface area contributed by atoms with Crippen molar-refractivity contribution in [1.82, 2.24) is 9.88 Å². The predicted molar refractivity (Wildman–Crippen MR) is 93.2 cm³/mol. The van der Waals surface area contributed by atoms with Crippen LogP contribution in [0.4, 0.5) is 0 Å². The minimum Gasteiger partial charge on any atom is -0.290 e. The Morgan fingerprint density at radius 1 is 1.14 bits per heavy atom. The van der Waals surface area contributed by atoms with E-state index in [4.69, 9.17) is 4.98 Å². The Balaban J connectivity index is 1.58. The molecule has 0 bridgehead atoms. The molecule has 4 rings (SSSR count). The first-order valence-electron chi connectivity index (χ1n) is 7.95. The smallest absolute Gasteiger partial charge is 0.111 e. The zero-order valence-corrected chi connectivity index (χ0v) is 13.6. The molecule has 1 fully saturated rings. The Bertz CT molecular complexity index is 742. The largest absolute Gasteiger partial charge is 0.290 e. The van der Waals surface area contributed by atoms with E-state index in [0.29, 0.717) is 6.04 Å². The van der Waals surface area contributed by atoms with Gasteiger partial charge in [0.25, 0.3) is 0 Å². The summed E-state index contributed by atoms with van der Waals surface area (Å²) in [5.74, 6) is 0. The molecule has 0 spiro atoms. The molecule has 0 amide bonds. The van der Waals surface area contributed by atoms with Gasteiger partial charge in [0.1, 0.15) is 5.01 Å². The molecule has 2 aromatic carbocycles. The zero-order valence-electron chi connectivity index (χ0n) is 12.8. The fraction of sp³-hybridized carbons (Fsp3) is 0.316. The highest BCUT2D eigenvalue weighted by Gasteiger charge is 2.28. The lowest BCUT2D eigenvalue weighted by Crippen LogP contribution is -2.22.